The van der Waals surface area contributed by atoms with Gasteiger partial charge in [0.1, 0.15) is 6.29 Å². The van der Waals surface area contributed by atoms with Gasteiger partial charge in [0.2, 0.25) is 0 Å². The quantitative estimate of drug-likeness (QED) is 0.569. The van der Waals surface area contributed by atoms with Crippen molar-refractivity contribution in [3.63, 3.8) is 0 Å². The molecule has 0 bridgehead atoms. The lowest BCUT2D eigenvalue weighted by molar-refractivity contribution is -0.112. The number of rotatable bonds is 1. The SMILES string of the molecule is O=CC1CCC2(CC1)CNC2. The topological polar surface area (TPSA) is 29.1 Å². The smallest absolute Gasteiger partial charge is 0.123 e. The lowest BCUT2D eigenvalue weighted by Crippen LogP contribution is -2.54. The van der Waals surface area contributed by atoms with Gasteiger partial charge in [0.15, 0.2) is 0 Å². The van der Waals surface area contributed by atoms with Crippen LogP contribution in [0.5, 0.6) is 0 Å². The van der Waals surface area contributed by atoms with Crippen molar-refractivity contribution in [1.82, 2.24) is 5.32 Å². The van der Waals surface area contributed by atoms with Gasteiger partial charge in [0.05, 0.1) is 0 Å². The summed E-state index contributed by atoms with van der Waals surface area (Å²) in [5.41, 5.74) is 0.611. The van der Waals surface area contributed by atoms with Gasteiger partial charge in [-0.1, -0.05) is 0 Å². The van der Waals surface area contributed by atoms with Gasteiger partial charge in [-0.05, 0) is 31.1 Å². The van der Waals surface area contributed by atoms with Crippen molar-refractivity contribution < 1.29 is 4.79 Å². The maximum atomic E-state index is 10.5. The average molecular weight is 153 g/mol. The average Bonchev–Trinajstić information content (AvgIpc) is 2.02. The molecule has 1 saturated carbocycles. The summed E-state index contributed by atoms with van der Waals surface area (Å²) in [6.45, 7) is 2.39. The molecule has 11 heavy (non-hydrogen) atoms. The van der Waals surface area contributed by atoms with Crippen LogP contribution in [-0.4, -0.2) is 19.4 Å². The minimum Gasteiger partial charge on any atom is -0.316 e. The normalized spacial score (nSPS) is 29.8. The predicted octanol–water partition coefficient (Wildman–Crippen LogP) is 0.965. The van der Waals surface area contributed by atoms with Gasteiger partial charge in [-0.3, -0.25) is 0 Å². The number of carbonyl (C=O) groups is 1. The fourth-order valence-corrected chi connectivity index (χ4v) is 2.22. The molecule has 62 valence electrons. The first-order chi connectivity index (χ1) is 5.35. The Hall–Kier alpha value is -0.370. The van der Waals surface area contributed by atoms with Gasteiger partial charge in [0, 0.05) is 19.0 Å². The Balaban J connectivity index is 1.88. The second-order valence-electron chi connectivity index (χ2n) is 4.08. The molecule has 2 rings (SSSR count). The fraction of sp³-hybridized carbons (Fsp3) is 0.889. The third-order valence-electron chi connectivity index (χ3n) is 3.28. The van der Waals surface area contributed by atoms with Gasteiger partial charge >= 0.3 is 0 Å². The number of hydrogen-bond acceptors (Lipinski definition) is 2. The molecule has 0 amide bonds. The number of aldehydes is 1. The van der Waals surface area contributed by atoms with Crippen LogP contribution in [-0.2, 0) is 4.79 Å². The molecule has 1 spiro atoms. The van der Waals surface area contributed by atoms with Crippen LogP contribution in [0.1, 0.15) is 25.7 Å². The maximum Gasteiger partial charge on any atom is 0.123 e. The summed E-state index contributed by atoms with van der Waals surface area (Å²) in [5.74, 6) is 0.376. The number of carbonyl (C=O) groups excluding carboxylic acids is 1. The second-order valence-corrected chi connectivity index (χ2v) is 4.08. The van der Waals surface area contributed by atoms with E-state index in [2.05, 4.69) is 5.32 Å². The molecule has 1 aliphatic heterocycles. The van der Waals surface area contributed by atoms with Crippen LogP contribution in [0.4, 0.5) is 0 Å². The van der Waals surface area contributed by atoms with E-state index in [0.29, 0.717) is 11.3 Å². The van der Waals surface area contributed by atoms with E-state index < -0.39 is 0 Å². The summed E-state index contributed by atoms with van der Waals surface area (Å²) in [6.07, 6.45) is 5.93. The monoisotopic (exact) mass is 153 g/mol. The van der Waals surface area contributed by atoms with Crippen LogP contribution < -0.4 is 5.32 Å². The van der Waals surface area contributed by atoms with Crippen molar-refractivity contribution in [3.05, 3.63) is 0 Å². The molecule has 0 unspecified atom stereocenters. The van der Waals surface area contributed by atoms with E-state index in [-0.39, 0.29) is 0 Å². The zero-order valence-electron chi connectivity index (χ0n) is 6.81. The van der Waals surface area contributed by atoms with Crippen LogP contribution in [0.25, 0.3) is 0 Å². The minimum atomic E-state index is 0.376. The van der Waals surface area contributed by atoms with Crippen LogP contribution in [0.3, 0.4) is 0 Å². The molecule has 2 aliphatic rings. The second kappa shape index (κ2) is 2.59. The van der Waals surface area contributed by atoms with E-state index in [0.717, 1.165) is 19.1 Å². The Morgan fingerprint density at radius 2 is 1.91 bits per heavy atom. The van der Waals surface area contributed by atoms with E-state index in [1.807, 2.05) is 0 Å². The highest BCUT2D eigenvalue weighted by atomic mass is 16.1. The molecule has 0 aromatic rings. The zero-order valence-corrected chi connectivity index (χ0v) is 6.81. The third kappa shape index (κ3) is 1.20. The van der Waals surface area contributed by atoms with Crippen molar-refractivity contribution >= 4 is 6.29 Å². The molecular formula is C9H15NO. The van der Waals surface area contributed by atoms with Crippen molar-refractivity contribution in [1.29, 1.82) is 0 Å². The van der Waals surface area contributed by atoms with Gasteiger partial charge < -0.3 is 10.1 Å². The van der Waals surface area contributed by atoms with Gasteiger partial charge in [-0.15, -0.1) is 0 Å². The fourth-order valence-electron chi connectivity index (χ4n) is 2.22. The van der Waals surface area contributed by atoms with Gasteiger partial charge in [-0.2, -0.15) is 0 Å². The minimum absolute atomic E-state index is 0.376. The highest BCUT2D eigenvalue weighted by Crippen LogP contribution is 2.40. The third-order valence-corrected chi connectivity index (χ3v) is 3.28. The van der Waals surface area contributed by atoms with Crippen LogP contribution in [0, 0.1) is 11.3 Å². The van der Waals surface area contributed by atoms with Crippen molar-refractivity contribution in [2.24, 2.45) is 11.3 Å². The molecular weight excluding hydrogens is 138 g/mol. The van der Waals surface area contributed by atoms with Crippen molar-refractivity contribution in [2.75, 3.05) is 13.1 Å². The Labute approximate surface area is 67.4 Å². The van der Waals surface area contributed by atoms with E-state index >= 15 is 0 Å². The molecule has 0 aromatic carbocycles. The summed E-state index contributed by atoms with van der Waals surface area (Å²) in [7, 11) is 0. The molecule has 1 saturated heterocycles. The lowest BCUT2D eigenvalue weighted by Gasteiger charge is -2.46. The molecule has 1 aliphatic carbocycles. The molecule has 2 heteroatoms. The van der Waals surface area contributed by atoms with Crippen LogP contribution in [0.15, 0.2) is 0 Å². The summed E-state index contributed by atoms with van der Waals surface area (Å²) in [6, 6.07) is 0. The molecule has 0 atom stereocenters. The zero-order chi connectivity index (χ0) is 7.73. The van der Waals surface area contributed by atoms with E-state index in [1.54, 1.807) is 0 Å². The Kier molecular flexibility index (Phi) is 1.72. The summed E-state index contributed by atoms with van der Waals surface area (Å²) in [4.78, 5) is 10.5. The molecule has 1 N–H and O–H groups in total. The van der Waals surface area contributed by atoms with Crippen LogP contribution in [0.2, 0.25) is 0 Å². The number of nitrogens with one attached hydrogen (secondary N) is 1. The van der Waals surface area contributed by atoms with Crippen molar-refractivity contribution in [2.45, 2.75) is 25.7 Å². The Morgan fingerprint density at radius 3 is 2.27 bits per heavy atom. The van der Waals surface area contributed by atoms with Crippen LogP contribution >= 0.6 is 0 Å². The van der Waals surface area contributed by atoms with Gasteiger partial charge in [-0.25, -0.2) is 0 Å². The first-order valence-electron chi connectivity index (χ1n) is 4.51. The molecule has 0 aromatic heterocycles. The summed E-state index contributed by atoms with van der Waals surface area (Å²) in [5, 5.41) is 3.32. The first-order valence-corrected chi connectivity index (χ1v) is 4.51. The molecule has 2 fully saturated rings. The maximum absolute atomic E-state index is 10.5. The predicted molar refractivity (Wildman–Crippen MR) is 43.3 cm³/mol. The van der Waals surface area contributed by atoms with Crippen molar-refractivity contribution in [3.8, 4) is 0 Å². The molecule has 2 nitrogen and oxygen atoms in total. The molecule has 0 radical (unpaired) electrons. The van der Waals surface area contributed by atoms with E-state index in [4.69, 9.17) is 0 Å². The number of hydrogen-bond donors (Lipinski definition) is 1. The van der Waals surface area contributed by atoms with E-state index in [1.165, 1.54) is 25.9 Å². The molecule has 1 heterocycles. The highest BCUT2D eigenvalue weighted by Gasteiger charge is 2.39. The Bertz CT molecular complexity index is 153. The standard InChI is InChI=1S/C9H15NO/c11-5-8-1-3-9(4-2-8)6-10-7-9/h5,8,10H,1-4,6-7H2. The highest BCUT2D eigenvalue weighted by molar-refractivity contribution is 5.53. The summed E-state index contributed by atoms with van der Waals surface area (Å²) >= 11 is 0. The lowest BCUT2D eigenvalue weighted by atomic mass is 9.67. The summed E-state index contributed by atoms with van der Waals surface area (Å²) < 4.78 is 0. The Morgan fingerprint density at radius 1 is 1.27 bits per heavy atom. The first kappa shape index (κ1) is 7.29. The van der Waals surface area contributed by atoms with E-state index in [9.17, 15) is 4.79 Å². The largest absolute Gasteiger partial charge is 0.316 e. The van der Waals surface area contributed by atoms with Gasteiger partial charge in [0.25, 0.3) is 0 Å².